The zero-order chi connectivity index (χ0) is 24.9. The molecule has 5 aromatic rings. The Morgan fingerprint density at radius 2 is 1.69 bits per heavy atom. The maximum atomic E-state index is 13.5. The van der Waals surface area contributed by atoms with Crippen LogP contribution in [0.3, 0.4) is 0 Å². The highest BCUT2D eigenvalue weighted by molar-refractivity contribution is 7.99. The monoisotopic (exact) mass is 518 g/mol. The van der Waals surface area contributed by atoms with Gasteiger partial charge in [-0.15, -0.1) is 10.2 Å². The number of fused-ring (bicyclic) bond motifs is 1. The molecule has 2 aromatic heterocycles. The smallest absolute Gasteiger partial charge is 0.251 e. The van der Waals surface area contributed by atoms with E-state index in [1.807, 2.05) is 30.3 Å². The highest BCUT2D eigenvalue weighted by atomic mass is 32.2. The van der Waals surface area contributed by atoms with Crippen LogP contribution in [0.2, 0.25) is 0 Å². The van der Waals surface area contributed by atoms with Crippen molar-refractivity contribution in [1.29, 1.82) is 0 Å². The second kappa shape index (κ2) is 10.7. The van der Waals surface area contributed by atoms with E-state index in [4.69, 9.17) is 0 Å². The lowest BCUT2D eigenvalue weighted by atomic mass is 10.2. The summed E-state index contributed by atoms with van der Waals surface area (Å²) in [5.41, 5.74) is 1.95. The molecule has 2 amide bonds. The van der Waals surface area contributed by atoms with Crippen LogP contribution in [0, 0.1) is 5.82 Å². The summed E-state index contributed by atoms with van der Waals surface area (Å²) in [6, 6.07) is 22.3. The molecule has 3 aromatic carbocycles. The summed E-state index contributed by atoms with van der Waals surface area (Å²) in [6.07, 6.45) is 0. The van der Waals surface area contributed by atoms with Gasteiger partial charge in [0.2, 0.25) is 5.91 Å². The first-order valence-corrected chi connectivity index (χ1v) is 12.7. The minimum atomic E-state index is -0.379. The topological polar surface area (TPSA) is 102 Å². The van der Waals surface area contributed by atoms with Gasteiger partial charge in [0.15, 0.2) is 16.1 Å². The minimum absolute atomic E-state index is 0.0611. The van der Waals surface area contributed by atoms with E-state index in [1.54, 1.807) is 41.0 Å². The van der Waals surface area contributed by atoms with Gasteiger partial charge in [0.25, 0.3) is 5.91 Å². The molecule has 0 aliphatic carbocycles. The van der Waals surface area contributed by atoms with E-state index in [0.29, 0.717) is 27.4 Å². The van der Waals surface area contributed by atoms with Crippen molar-refractivity contribution < 1.29 is 14.0 Å². The molecule has 5 rings (SSSR count). The van der Waals surface area contributed by atoms with Gasteiger partial charge in [-0.3, -0.25) is 14.2 Å². The number of amides is 2. The molecular formula is C25H19FN6O2S2. The third-order valence-electron chi connectivity index (χ3n) is 5.10. The predicted molar refractivity (Wildman–Crippen MR) is 138 cm³/mol. The number of nitrogens with one attached hydrogen (secondary N) is 2. The number of halogens is 1. The number of benzene rings is 3. The molecule has 0 saturated carbocycles. The number of hydrogen-bond donors (Lipinski definition) is 2. The summed E-state index contributed by atoms with van der Waals surface area (Å²) in [4.78, 5) is 29.5. The fraction of sp³-hybridized carbons (Fsp3) is 0.0800. The Hall–Kier alpha value is -4.09. The quantitative estimate of drug-likeness (QED) is 0.289. The first kappa shape index (κ1) is 23.6. The molecule has 0 unspecified atom stereocenters. The van der Waals surface area contributed by atoms with Crippen LogP contribution in [0.1, 0.15) is 16.2 Å². The highest BCUT2D eigenvalue weighted by Gasteiger charge is 2.18. The Kier molecular flexibility index (Phi) is 7.01. The normalized spacial score (nSPS) is 10.9. The molecule has 0 atom stereocenters. The van der Waals surface area contributed by atoms with Crippen molar-refractivity contribution in [2.24, 2.45) is 0 Å². The number of carbonyl (C=O) groups is 2. The van der Waals surface area contributed by atoms with Crippen LogP contribution in [0.5, 0.6) is 0 Å². The van der Waals surface area contributed by atoms with Crippen molar-refractivity contribution in [2.75, 3.05) is 11.1 Å². The molecule has 180 valence electrons. The number of aromatic nitrogens is 4. The van der Waals surface area contributed by atoms with Gasteiger partial charge in [-0.25, -0.2) is 9.37 Å². The Labute approximate surface area is 213 Å². The number of thiazole rings is 1. The van der Waals surface area contributed by atoms with Crippen molar-refractivity contribution in [2.45, 2.75) is 11.7 Å². The molecule has 11 heteroatoms. The molecule has 0 radical (unpaired) electrons. The lowest BCUT2D eigenvalue weighted by Crippen LogP contribution is -2.24. The lowest BCUT2D eigenvalue weighted by Gasteiger charge is -2.11. The van der Waals surface area contributed by atoms with Gasteiger partial charge < -0.3 is 10.6 Å². The van der Waals surface area contributed by atoms with Crippen LogP contribution in [0.25, 0.3) is 15.9 Å². The maximum absolute atomic E-state index is 13.5. The fourth-order valence-electron chi connectivity index (χ4n) is 3.42. The third kappa shape index (κ3) is 5.42. The van der Waals surface area contributed by atoms with Crippen LogP contribution in [0.4, 0.5) is 9.52 Å². The Bertz CT molecular complexity index is 1490. The van der Waals surface area contributed by atoms with E-state index < -0.39 is 0 Å². The summed E-state index contributed by atoms with van der Waals surface area (Å²) in [6.45, 7) is 0.0938. The summed E-state index contributed by atoms with van der Waals surface area (Å²) in [7, 11) is 0. The number of carbonyl (C=O) groups excluding carboxylic acids is 2. The van der Waals surface area contributed by atoms with E-state index in [2.05, 4.69) is 25.8 Å². The zero-order valence-electron chi connectivity index (χ0n) is 18.7. The first-order chi connectivity index (χ1) is 17.6. The van der Waals surface area contributed by atoms with Crippen molar-refractivity contribution in [3.63, 3.8) is 0 Å². The number of rotatable bonds is 8. The molecule has 0 aliphatic heterocycles. The van der Waals surface area contributed by atoms with Crippen molar-refractivity contribution >= 4 is 50.3 Å². The summed E-state index contributed by atoms with van der Waals surface area (Å²) in [5.74, 6) is -0.374. The van der Waals surface area contributed by atoms with Gasteiger partial charge in [-0.2, -0.15) is 0 Å². The van der Waals surface area contributed by atoms with Gasteiger partial charge in [0.05, 0.1) is 22.5 Å². The van der Waals surface area contributed by atoms with E-state index in [-0.39, 0.29) is 29.9 Å². The van der Waals surface area contributed by atoms with E-state index in [1.165, 1.54) is 35.2 Å². The molecule has 2 N–H and O–H groups in total. The highest BCUT2D eigenvalue weighted by Crippen LogP contribution is 2.26. The molecule has 8 nitrogen and oxygen atoms in total. The Morgan fingerprint density at radius 1 is 0.944 bits per heavy atom. The van der Waals surface area contributed by atoms with Crippen LogP contribution in [0.15, 0.2) is 84.0 Å². The molecule has 0 spiro atoms. The number of hydrogen-bond acceptors (Lipinski definition) is 7. The average molecular weight is 519 g/mol. The van der Waals surface area contributed by atoms with Crippen molar-refractivity contribution in [1.82, 2.24) is 25.1 Å². The first-order valence-electron chi connectivity index (χ1n) is 10.9. The molecule has 36 heavy (non-hydrogen) atoms. The number of nitrogens with zero attached hydrogens (tertiary/aromatic N) is 4. The second-order valence-corrected chi connectivity index (χ2v) is 9.56. The number of anilines is 1. The molecule has 0 fully saturated rings. The molecule has 2 heterocycles. The Morgan fingerprint density at radius 3 is 2.47 bits per heavy atom. The van der Waals surface area contributed by atoms with Crippen molar-refractivity contribution in [3.8, 4) is 5.69 Å². The SMILES string of the molecule is O=C(CSc1nnc(CNC(=O)c2ccccc2)n1-c1ccc(F)cc1)Nc1nc2ccccc2s1. The second-order valence-electron chi connectivity index (χ2n) is 7.58. The molecule has 0 bridgehead atoms. The zero-order valence-corrected chi connectivity index (χ0v) is 20.4. The van der Waals surface area contributed by atoms with Gasteiger partial charge >= 0.3 is 0 Å². The van der Waals surface area contributed by atoms with E-state index in [0.717, 1.165) is 10.2 Å². The van der Waals surface area contributed by atoms with Crippen LogP contribution >= 0.6 is 23.1 Å². The summed E-state index contributed by atoms with van der Waals surface area (Å²) < 4.78 is 16.2. The average Bonchev–Trinajstić information content (AvgIpc) is 3.50. The van der Waals surface area contributed by atoms with Crippen LogP contribution in [-0.2, 0) is 11.3 Å². The van der Waals surface area contributed by atoms with Gasteiger partial charge in [-0.05, 0) is 48.5 Å². The third-order valence-corrected chi connectivity index (χ3v) is 6.98. The predicted octanol–water partition coefficient (Wildman–Crippen LogP) is 4.68. The standard InChI is InChI=1S/C25H19FN6O2S2/c26-17-10-12-18(13-11-17)32-21(14-27-23(34)16-6-2-1-3-7-16)30-31-25(32)35-15-22(33)29-24-28-19-8-4-5-9-20(19)36-24/h1-13H,14-15H2,(H,27,34)(H,28,29,33). The Balaban J connectivity index is 1.31. The van der Waals surface area contributed by atoms with Crippen LogP contribution < -0.4 is 10.6 Å². The lowest BCUT2D eigenvalue weighted by molar-refractivity contribution is -0.113. The van der Waals surface area contributed by atoms with Crippen LogP contribution in [-0.4, -0.2) is 37.3 Å². The number of para-hydroxylation sites is 1. The van der Waals surface area contributed by atoms with Gasteiger partial charge in [0, 0.05) is 11.3 Å². The van der Waals surface area contributed by atoms with Gasteiger partial charge in [-0.1, -0.05) is 53.4 Å². The summed E-state index contributed by atoms with van der Waals surface area (Å²) in [5, 5.41) is 15.0. The van der Waals surface area contributed by atoms with Crippen molar-refractivity contribution in [3.05, 3.63) is 96.1 Å². The molecule has 0 aliphatic rings. The molecular weight excluding hydrogens is 499 g/mol. The van der Waals surface area contributed by atoms with Gasteiger partial charge in [0.1, 0.15) is 5.82 Å². The number of thioether (sulfide) groups is 1. The maximum Gasteiger partial charge on any atom is 0.251 e. The summed E-state index contributed by atoms with van der Waals surface area (Å²) >= 11 is 2.58. The van der Waals surface area contributed by atoms with E-state index in [9.17, 15) is 14.0 Å². The molecule has 0 saturated heterocycles. The minimum Gasteiger partial charge on any atom is -0.345 e. The van der Waals surface area contributed by atoms with E-state index >= 15 is 0 Å². The fourth-order valence-corrected chi connectivity index (χ4v) is 5.07. The largest absolute Gasteiger partial charge is 0.345 e.